The predicted molar refractivity (Wildman–Crippen MR) is 69.6 cm³/mol. The summed E-state index contributed by atoms with van der Waals surface area (Å²) in [4.78, 5) is 11.8. The van der Waals surface area contributed by atoms with E-state index in [4.69, 9.17) is 10.5 Å². The van der Waals surface area contributed by atoms with Crippen LogP contribution in [0.15, 0.2) is 12.4 Å². The van der Waals surface area contributed by atoms with E-state index in [0.717, 1.165) is 23.9 Å². The molecule has 2 heterocycles. The van der Waals surface area contributed by atoms with Crippen molar-refractivity contribution < 1.29 is 4.74 Å². The average Bonchev–Trinajstić information content (AvgIpc) is 3.04. The third-order valence-corrected chi connectivity index (χ3v) is 4.10. The molecule has 0 bridgehead atoms. The van der Waals surface area contributed by atoms with Crippen LogP contribution >= 0.6 is 0 Å². The smallest absolute Gasteiger partial charge is 0.316 e. The molecule has 3 N–H and O–H groups in total. The molecule has 1 fully saturated rings. The lowest BCUT2D eigenvalue weighted by atomic mass is 9.80. The van der Waals surface area contributed by atoms with Crippen LogP contribution in [0.2, 0.25) is 0 Å². The van der Waals surface area contributed by atoms with Crippen LogP contribution in [0.3, 0.4) is 0 Å². The zero-order chi connectivity index (χ0) is 12.6. The minimum Gasteiger partial charge on any atom is -0.467 e. The number of nitrogens with one attached hydrogen (secondary N) is 1. The molecule has 5 nitrogen and oxygen atoms in total. The zero-order valence-corrected chi connectivity index (χ0v) is 10.6. The van der Waals surface area contributed by atoms with E-state index in [1.165, 1.54) is 18.4 Å². The molecule has 2 aromatic rings. The van der Waals surface area contributed by atoms with E-state index in [1.807, 2.05) is 6.20 Å². The lowest BCUT2D eigenvalue weighted by Gasteiger charge is -2.26. The lowest BCUT2D eigenvalue weighted by molar-refractivity contribution is 0.381. The van der Waals surface area contributed by atoms with E-state index in [0.29, 0.717) is 12.6 Å². The van der Waals surface area contributed by atoms with Gasteiger partial charge in [-0.2, -0.15) is 4.98 Å². The second kappa shape index (κ2) is 4.24. The van der Waals surface area contributed by atoms with Crippen LogP contribution in [-0.4, -0.2) is 28.6 Å². The Kier molecular flexibility index (Phi) is 2.70. The minimum atomic E-state index is 0.0810. The summed E-state index contributed by atoms with van der Waals surface area (Å²) in [6, 6.07) is 0.411. The van der Waals surface area contributed by atoms with Gasteiger partial charge in [-0.1, -0.05) is 12.8 Å². The van der Waals surface area contributed by atoms with Gasteiger partial charge in [-0.15, -0.1) is 0 Å². The summed E-state index contributed by atoms with van der Waals surface area (Å²) in [6.45, 7) is 0.673. The summed E-state index contributed by atoms with van der Waals surface area (Å²) in [5.41, 5.74) is 9.24. The molecule has 0 atom stereocenters. The molecule has 0 amide bonds. The zero-order valence-electron chi connectivity index (χ0n) is 10.6. The SMILES string of the molecule is COc1ncc2[nH]cc(C3(CN)CCCC3)c2n1. The highest BCUT2D eigenvalue weighted by Crippen LogP contribution is 2.42. The van der Waals surface area contributed by atoms with E-state index in [1.54, 1.807) is 13.3 Å². The topological polar surface area (TPSA) is 76.8 Å². The summed E-state index contributed by atoms with van der Waals surface area (Å²) >= 11 is 0. The summed E-state index contributed by atoms with van der Waals surface area (Å²) < 4.78 is 5.11. The average molecular weight is 246 g/mol. The molecule has 0 radical (unpaired) electrons. The molecule has 1 aliphatic rings. The van der Waals surface area contributed by atoms with Gasteiger partial charge in [-0.05, 0) is 12.8 Å². The summed E-state index contributed by atoms with van der Waals surface area (Å²) in [6.07, 6.45) is 8.57. The molecule has 0 spiro atoms. The number of fused-ring (bicyclic) bond motifs is 1. The van der Waals surface area contributed by atoms with Crippen LogP contribution in [0.5, 0.6) is 6.01 Å². The van der Waals surface area contributed by atoms with Crippen molar-refractivity contribution in [2.45, 2.75) is 31.1 Å². The summed E-state index contributed by atoms with van der Waals surface area (Å²) in [7, 11) is 1.59. The van der Waals surface area contributed by atoms with Gasteiger partial charge in [0.15, 0.2) is 0 Å². The van der Waals surface area contributed by atoms with Crippen molar-refractivity contribution in [2.24, 2.45) is 5.73 Å². The van der Waals surface area contributed by atoms with Crippen molar-refractivity contribution in [1.29, 1.82) is 0 Å². The molecular weight excluding hydrogens is 228 g/mol. The monoisotopic (exact) mass is 246 g/mol. The van der Waals surface area contributed by atoms with Crippen LogP contribution in [0.25, 0.3) is 11.0 Å². The standard InChI is InChI=1S/C13H18N4O/c1-18-12-16-7-10-11(17-12)9(6-15-10)13(8-14)4-2-3-5-13/h6-7,15H,2-5,8,14H2,1H3. The van der Waals surface area contributed by atoms with Crippen molar-refractivity contribution in [2.75, 3.05) is 13.7 Å². The first kappa shape index (κ1) is 11.5. The van der Waals surface area contributed by atoms with Crippen LogP contribution in [0.1, 0.15) is 31.2 Å². The maximum atomic E-state index is 6.03. The predicted octanol–water partition coefficient (Wildman–Crippen LogP) is 1.74. The van der Waals surface area contributed by atoms with Gasteiger partial charge in [0.05, 0.1) is 24.3 Å². The summed E-state index contributed by atoms with van der Waals surface area (Å²) in [5.74, 6) is 0. The number of H-pyrrole nitrogens is 1. The Morgan fingerprint density at radius 1 is 1.44 bits per heavy atom. The van der Waals surface area contributed by atoms with E-state index in [2.05, 4.69) is 15.0 Å². The van der Waals surface area contributed by atoms with Crippen molar-refractivity contribution in [3.63, 3.8) is 0 Å². The molecule has 1 aliphatic carbocycles. The molecule has 0 saturated heterocycles. The number of aromatic amines is 1. The summed E-state index contributed by atoms with van der Waals surface area (Å²) in [5, 5.41) is 0. The fraction of sp³-hybridized carbons (Fsp3) is 0.538. The van der Waals surface area contributed by atoms with Gasteiger partial charge in [0, 0.05) is 23.7 Å². The highest BCUT2D eigenvalue weighted by molar-refractivity contribution is 5.79. The van der Waals surface area contributed by atoms with Crippen LogP contribution in [0, 0.1) is 0 Å². The second-order valence-electron chi connectivity index (χ2n) is 5.01. The molecule has 0 aromatic carbocycles. The number of nitrogens with two attached hydrogens (primary N) is 1. The van der Waals surface area contributed by atoms with Gasteiger partial charge >= 0.3 is 6.01 Å². The van der Waals surface area contributed by atoms with Crippen molar-refractivity contribution in [3.05, 3.63) is 18.0 Å². The van der Waals surface area contributed by atoms with Gasteiger partial charge in [-0.3, -0.25) is 0 Å². The Morgan fingerprint density at radius 3 is 2.89 bits per heavy atom. The van der Waals surface area contributed by atoms with Crippen molar-refractivity contribution in [1.82, 2.24) is 15.0 Å². The molecule has 96 valence electrons. The molecule has 3 rings (SSSR count). The Labute approximate surface area is 106 Å². The largest absolute Gasteiger partial charge is 0.467 e. The number of hydrogen-bond acceptors (Lipinski definition) is 4. The number of aromatic nitrogens is 3. The number of ether oxygens (including phenoxy) is 1. The fourth-order valence-corrected chi connectivity index (χ4v) is 3.03. The first-order valence-corrected chi connectivity index (χ1v) is 6.38. The van der Waals surface area contributed by atoms with E-state index in [9.17, 15) is 0 Å². The third-order valence-electron chi connectivity index (χ3n) is 4.10. The van der Waals surface area contributed by atoms with E-state index >= 15 is 0 Å². The van der Waals surface area contributed by atoms with Crippen molar-refractivity contribution in [3.8, 4) is 6.01 Å². The maximum Gasteiger partial charge on any atom is 0.316 e. The Morgan fingerprint density at radius 2 is 2.22 bits per heavy atom. The number of rotatable bonds is 3. The molecule has 2 aromatic heterocycles. The molecule has 5 heteroatoms. The van der Waals surface area contributed by atoms with Gasteiger partial charge in [0.2, 0.25) is 0 Å². The van der Waals surface area contributed by atoms with Gasteiger partial charge in [-0.25, -0.2) is 4.98 Å². The minimum absolute atomic E-state index is 0.0810. The van der Waals surface area contributed by atoms with E-state index in [-0.39, 0.29) is 5.41 Å². The quantitative estimate of drug-likeness (QED) is 0.864. The fourth-order valence-electron chi connectivity index (χ4n) is 3.03. The first-order valence-electron chi connectivity index (χ1n) is 6.38. The Balaban J connectivity index is 2.16. The number of hydrogen-bond donors (Lipinski definition) is 2. The van der Waals surface area contributed by atoms with Crippen molar-refractivity contribution >= 4 is 11.0 Å². The molecule has 0 aliphatic heterocycles. The molecule has 18 heavy (non-hydrogen) atoms. The second-order valence-corrected chi connectivity index (χ2v) is 5.01. The molecular formula is C13H18N4O. The highest BCUT2D eigenvalue weighted by atomic mass is 16.5. The number of nitrogens with zero attached hydrogens (tertiary/aromatic N) is 2. The van der Waals surface area contributed by atoms with Crippen LogP contribution in [-0.2, 0) is 5.41 Å². The normalized spacial score (nSPS) is 18.3. The van der Waals surface area contributed by atoms with E-state index < -0.39 is 0 Å². The van der Waals surface area contributed by atoms with Crippen LogP contribution in [0.4, 0.5) is 0 Å². The third kappa shape index (κ3) is 1.58. The molecule has 1 saturated carbocycles. The van der Waals surface area contributed by atoms with Gasteiger partial charge in [0.1, 0.15) is 0 Å². The lowest BCUT2D eigenvalue weighted by Crippen LogP contribution is -2.31. The van der Waals surface area contributed by atoms with Gasteiger partial charge < -0.3 is 15.5 Å². The maximum absolute atomic E-state index is 6.03. The number of methoxy groups -OCH3 is 1. The highest BCUT2D eigenvalue weighted by Gasteiger charge is 2.36. The van der Waals surface area contributed by atoms with Gasteiger partial charge in [0.25, 0.3) is 0 Å². The Bertz CT molecular complexity index is 557. The Hall–Kier alpha value is -1.62. The first-order chi connectivity index (χ1) is 8.79. The molecule has 0 unspecified atom stereocenters. The van der Waals surface area contributed by atoms with Crippen LogP contribution < -0.4 is 10.5 Å².